The molecule has 4 N–H and O–H groups in total. The number of benzene rings is 1. The Balaban J connectivity index is 2.20. The molecular formula is C11H11ClN3O+. The fourth-order valence-electron chi connectivity index (χ4n) is 1.20. The first-order valence-electron chi connectivity index (χ1n) is 4.64. The van der Waals surface area contributed by atoms with E-state index in [0.717, 1.165) is 0 Å². The van der Waals surface area contributed by atoms with Crippen molar-refractivity contribution in [3.05, 3.63) is 47.7 Å². The molecule has 82 valence electrons. The summed E-state index contributed by atoms with van der Waals surface area (Å²) in [5.41, 5.74) is 6.12. The first-order chi connectivity index (χ1) is 7.65. The summed E-state index contributed by atoms with van der Waals surface area (Å²) >= 11 is 5.88. The number of nitrogens with zero attached hydrogens (tertiary/aromatic N) is 1. The molecule has 0 spiro atoms. The van der Waals surface area contributed by atoms with Crippen molar-refractivity contribution in [1.29, 1.82) is 0 Å². The van der Waals surface area contributed by atoms with Crippen LogP contribution in [0.5, 0.6) is 11.5 Å². The Labute approximate surface area is 98.0 Å². The van der Waals surface area contributed by atoms with Crippen LogP contribution in [0.25, 0.3) is 0 Å². The molecule has 1 heterocycles. The smallest absolute Gasteiger partial charge is 0.202 e. The summed E-state index contributed by atoms with van der Waals surface area (Å²) in [7, 11) is 0. The van der Waals surface area contributed by atoms with Gasteiger partial charge in [0.05, 0.1) is 10.7 Å². The third kappa shape index (κ3) is 2.35. The molecule has 0 radical (unpaired) electrons. The fourth-order valence-corrected chi connectivity index (χ4v) is 1.37. The highest BCUT2D eigenvalue weighted by molar-refractivity contribution is 6.33. The second kappa shape index (κ2) is 4.28. The quantitative estimate of drug-likeness (QED) is 0.474. The minimum atomic E-state index is 0.474. The summed E-state index contributed by atoms with van der Waals surface area (Å²) in [6, 6.07) is 8.63. The molecule has 0 saturated heterocycles. The molecule has 5 heteroatoms. The fraction of sp³-hybridized carbons (Fsp3) is 0. The predicted molar refractivity (Wildman–Crippen MR) is 62.7 cm³/mol. The van der Waals surface area contributed by atoms with Gasteiger partial charge in [0.2, 0.25) is 12.4 Å². The van der Waals surface area contributed by atoms with Crippen LogP contribution in [0.2, 0.25) is 5.02 Å². The van der Waals surface area contributed by atoms with E-state index in [1.165, 1.54) is 4.68 Å². The van der Waals surface area contributed by atoms with Gasteiger partial charge in [0.1, 0.15) is 11.5 Å². The van der Waals surface area contributed by atoms with E-state index in [-0.39, 0.29) is 0 Å². The molecule has 0 aliphatic carbocycles. The maximum Gasteiger partial charge on any atom is 0.202 e. The predicted octanol–water partition coefficient (Wildman–Crippen LogP) is 1.72. The lowest BCUT2D eigenvalue weighted by molar-refractivity contribution is -0.638. The van der Waals surface area contributed by atoms with E-state index >= 15 is 0 Å². The molecule has 0 bridgehead atoms. The van der Waals surface area contributed by atoms with Crippen molar-refractivity contribution in [2.75, 3.05) is 11.6 Å². The van der Waals surface area contributed by atoms with E-state index in [1.54, 1.807) is 42.7 Å². The summed E-state index contributed by atoms with van der Waals surface area (Å²) in [5, 5.41) is 0.474. The van der Waals surface area contributed by atoms with Crippen LogP contribution in [0.1, 0.15) is 0 Å². The number of pyridine rings is 1. The minimum absolute atomic E-state index is 0.474. The molecule has 1 aromatic heterocycles. The number of nitrogen functional groups attached to an aromatic ring is 2. The van der Waals surface area contributed by atoms with Crippen LogP contribution in [0.15, 0.2) is 42.7 Å². The topological polar surface area (TPSA) is 65.2 Å². The van der Waals surface area contributed by atoms with Crippen LogP contribution in [0.3, 0.4) is 0 Å². The zero-order valence-corrected chi connectivity index (χ0v) is 9.19. The van der Waals surface area contributed by atoms with Crippen molar-refractivity contribution in [2.24, 2.45) is 0 Å². The Morgan fingerprint density at radius 1 is 1.06 bits per heavy atom. The SMILES string of the molecule is Nc1ccc(Oc2cc[n+](N)cc2)cc1Cl. The molecule has 2 rings (SSSR count). The number of hydrogen-bond acceptors (Lipinski definition) is 3. The standard InChI is InChI=1S/C11H11ClN3O/c12-10-7-9(1-2-11(10)13)16-8-3-5-15(14)6-4-8/h1-7H,13-14H2/q+1. The second-order valence-corrected chi connectivity index (χ2v) is 3.67. The molecule has 0 aliphatic rings. The number of hydrogen-bond donors (Lipinski definition) is 2. The third-order valence-electron chi connectivity index (χ3n) is 2.03. The highest BCUT2D eigenvalue weighted by Gasteiger charge is 2.02. The van der Waals surface area contributed by atoms with Gasteiger partial charge in [-0.2, -0.15) is 0 Å². The van der Waals surface area contributed by atoms with Gasteiger partial charge in [-0.25, -0.2) is 5.84 Å². The summed E-state index contributed by atoms with van der Waals surface area (Å²) in [6.07, 6.45) is 3.38. The van der Waals surface area contributed by atoms with Crippen LogP contribution in [0, 0.1) is 0 Å². The Kier molecular flexibility index (Phi) is 2.83. The lowest BCUT2D eigenvalue weighted by atomic mass is 10.3. The molecule has 2 aromatic rings. The van der Waals surface area contributed by atoms with Gasteiger partial charge in [0, 0.05) is 18.2 Å². The monoisotopic (exact) mass is 236 g/mol. The number of ether oxygens (including phenoxy) is 1. The number of anilines is 1. The third-order valence-corrected chi connectivity index (χ3v) is 2.36. The molecule has 0 aliphatic heterocycles. The van der Waals surface area contributed by atoms with Gasteiger partial charge < -0.3 is 10.5 Å². The number of halogens is 1. The van der Waals surface area contributed by atoms with Gasteiger partial charge >= 0.3 is 0 Å². The van der Waals surface area contributed by atoms with Crippen LogP contribution in [-0.2, 0) is 0 Å². The van der Waals surface area contributed by atoms with Gasteiger partial charge in [0.25, 0.3) is 0 Å². The molecule has 0 amide bonds. The molecule has 0 atom stereocenters. The zero-order chi connectivity index (χ0) is 11.5. The van der Waals surface area contributed by atoms with Gasteiger partial charge in [-0.3, -0.25) is 0 Å². The van der Waals surface area contributed by atoms with Crippen LogP contribution < -0.4 is 21.0 Å². The van der Waals surface area contributed by atoms with Gasteiger partial charge in [-0.15, -0.1) is 0 Å². The normalized spacial score (nSPS) is 10.1. The molecule has 0 fully saturated rings. The summed E-state index contributed by atoms with van der Waals surface area (Å²) in [5.74, 6) is 6.80. The summed E-state index contributed by atoms with van der Waals surface area (Å²) < 4.78 is 6.99. The van der Waals surface area contributed by atoms with E-state index in [1.807, 2.05) is 0 Å². The van der Waals surface area contributed by atoms with Crippen molar-refractivity contribution in [2.45, 2.75) is 0 Å². The van der Waals surface area contributed by atoms with Crippen molar-refractivity contribution >= 4 is 17.3 Å². The minimum Gasteiger partial charge on any atom is -0.457 e. The lowest BCUT2D eigenvalue weighted by Crippen LogP contribution is -2.43. The maximum atomic E-state index is 5.88. The maximum absolute atomic E-state index is 5.88. The van der Waals surface area contributed by atoms with E-state index in [9.17, 15) is 0 Å². The van der Waals surface area contributed by atoms with E-state index in [0.29, 0.717) is 22.2 Å². The van der Waals surface area contributed by atoms with E-state index in [4.69, 9.17) is 27.9 Å². The first kappa shape index (κ1) is 10.6. The lowest BCUT2D eigenvalue weighted by Gasteiger charge is -2.05. The molecule has 16 heavy (non-hydrogen) atoms. The zero-order valence-electron chi connectivity index (χ0n) is 8.43. The number of rotatable bonds is 2. The highest BCUT2D eigenvalue weighted by Crippen LogP contribution is 2.27. The van der Waals surface area contributed by atoms with Crippen LogP contribution in [-0.4, -0.2) is 0 Å². The van der Waals surface area contributed by atoms with E-state index in [2.05, 4.69) is 0 Å². The molecule has 0 saturated carbocycles. The Bertz CT molecular complexity index is 499. The van der Waals surface area contributed by atoms with Crippen LogP contribution >= 0.6 is 11.6 Å². The highest BCUT2D eigenvalue weighted by atomic mass is 35.5. The molecule has 0 unspecified atom stereocenters. The van der Waals surface area contributed by atoms with Gasteiger partial charge in [-0.05, 0) is 12.1 Å². The number of aromatic nitrogens is 1. The molecule has 4 nitrogen and oxygen atoms in total. The van der Waals surface area contributed by atoms with Crippen molar-refractivity contribution in [3.63, 3.8) is 0 Å². The average molecular weight is 237 g/mol. The molecule has 1 aromatic carbocycles. The van der Waals surface area contributed by atoms with Crippen molar-refractivity contribution in [1.82, 2.24) is 0 Å². The number of nitrogens with two attached hydrogens (primary N) is 2. The van der Waals surface area contributed by atoms with Crippen molar-refractivity contribution < 1.29 is 9.41 Å². The Morgan fingerprint density at radius 2 is 1.75 bits per heavy atom. The second-order valence-electron chi connectivity index (χ2n) is 3.27. The Hall–Kier alpha value is -1.94. The largest absolute Gasteiger partial charge is 0.457 e. The molecular weight excluding hydrogens is 226 g/mol. The average Bonchev–Trinajstić information content (AvgIpc) is 2.27. The van der Waals surface area contributed by atoms with Gasteiger partial charge in [-0.1, -0.05) is 16.3 Å². The van der Waals surface area contributed by atoms with Gasteiger partial charge in [0.15, 0.2) is 0 Å². The first-order valence-corrected chi connectivity index (χ1v) is 5.02. The van der Waals surface area contributed by atoms with Crippen molar-refractivity contribution in [3.8, 4) is 11.5 Å². The summed E-state index contributed by atoms with van der Waals surface area (Å²) in [6.45, 7) is 0. The van der Waals surface area contributed by atoms with E-state index < -0.39 is 0 Å². The summed E-state index contributed by atoms with van der Waals surface area (Å²) in [4.78, 5) is 0. The van der Waals surface area contributed by atoms with Crippen LogP contribution in [0.4, 0.5) is 5.69 Å². The Morgan fingerprint density at radius 3 is 2.38 bits per heavy atom.